The van der Waals surface area contributed by atoms with Crippen LogP contribution in [0, 0.1) is 0 Å². The number of anilines is 1. The van der Waals surface area contributed by atoms with Crippen molar-refractivity contribution in [1.82, 2.24) is 9.62 Å². The molecule has 1 aromatic rings. The van der Waals surface area contributed by atoms with E-state index in [2.05, 4.69) is 9.62 Å². The Balaban J connectivity index is 2.20. The summed E-state index contributed by atoms with van der Waals surface area (Å²) in [5.74, 6) is 0. The van der Waals surface area contributed by atoms with Gasteiger partial charge in [-0.2, -0.15) is 0 Å². The summed E-state index contributed by atoms with van der Waals surface area (Å²) < 4.78 is 27.6. The minimum Gasteiger partial charge on any atom is -0.398 e. The molecule has 0 amide bonds. The summed E-state index contributed by atoms with van der Waals surface area (Å²) in [5, 5.41) is 0.354. The number of nitrogens with two attached hydrogens (primary N) is 1. The molecule has 5 nitrogen and oxygen atoms in total. The fourth-order valence-corrected chi connectivity index (χ4v) is 4.37. The molecule has 3 N–H and O–H groups in total. The summed E-state index contributed by atoms with van der Waals surface area (Å²) in [6.45, 7) is 0.383. The lowest BCUT2D eigenvalue weighted by molar-refractivity contribution is 0.162. The summed E-state index contributed by atoms with van der Waals surface area (Å²) in [6.07, 6.45) is 4.24. The van der Waals surface area contributed by atoms with E-state index in [1.807, 2.05) is 14.1 Å². The predicted molar refractivity (Wildman–Crippen MR) is 85.9 cm³/mol. The van der Waals surface area contributed by atoms with Crippen LogP contribution in [-0.4, -0.2) is 39.5 Å². The molecular formula is C14H22ClN3O2S. The first kappa shape index (κ1) is 16.5. The van der Waals surface area contributed by atoms with Crippen LogP contribution >= 0.6 is 11.6 Å². The fraction of sp³-hybridized carbons (Fsp3) is 0.571. The SMILES string of the molecule is CN(C)C1(CNS(=O)(=O)c2cc(Cl)ccc2N)CCCC1. The van der Waals surface area contributed by atoms with E-state index < -0.39 is 10.0 Å². The van der Waals surface area contributed by atoms with Crippen molar-refractivity contribution < 1.29 is 8.42 Å². The van der Waals surface area contributed by atoms with Crippen molar-refractivity contribution in [2.24, 2.45) is 0 Å². The lowest BCUT2D eigenvalue weighted by Crippen LogP contribution is -2.50. The third kappa shape index (κ3) is 3.51. The van der Waals surface area contributed by atoms with Crippen molar-refractivity contribution in [3.05, 3.63) is 23.2 Å². The Bertz CT molecular complexity index is 611. The molecule has 1 saturated carbocycles. The van der Waals surface area contributed by atoms with Crippen LogP contribution in [0.2, 0.25) is 5.02 Å². The Morgan fingerprint density at radius 1 is 1.33 bits per heavy atom. The molecule has 1 aromatic carbocycles. The molecule has 0 atom stereocenters. The van der Waals surface area contributed by atoms with Crippen LogP contribution in [0.1, 0.15) is 25.7 Å². The Morgan fingerprint density at radius 3 is 2.52 bits per heavy atom. The molecule has 0 saturated heterocycles. The molecule has 118 valence electrons. The van der Waals surface area contributed by atoms with Gasteiger partial charge in [-0.1, -0.05) is 24.4 Å². The molecule has 1 fully saturated rings. The van der Waals surface area contributed by atoms with Gasteiger partial charge in [-0.3, -0.25) is 0 Å². The zero-order chi connectivity index (χ0) is 15.7. The lowest BCUT2D eigenvalue weighted by atomic mass is 9.97. The summed E-state index contributed by atoms with van der Waals surface area (Å²) >= 11 is 5.87. The third-order valence-corrected chi connectivity index (χ3v) is 6.03. The second-order valence-corrected chi connectivity index (χ2v) is 8.00. The average molecular weight is 332 g/mol. The second-order valence-electron chi connectivity index (χ2n) is 5.83. The fourth-order valence-electron chi connectivity index (χ4n) is 2.86. The number of nitrogens with one attached hydrogen (secondary N) is 1. The quantitative estimate of drug-likeness (QED) is 0.810. The lowest BCUT2D eigenvalue weighted by Gasteiger charge is -2.36. The minimum absolute atomic E-state index is 0.0434. The smallest absolute Gasteiger partial charge is 0.242 e. The number of nitrogens with zero attached hydrogens (tertiary/aromatic N) is 1. The van der Waals surface area contributed by atoms with Gasteiger partial charge in [-0.15, -0.1) is 0 Å². The molecule has 0 bridgehead atoms. The highest BCUT2D eigenvalue weighted by atomic mass is 35.5. The van der Waals surface area contributed by atoms with Gasteiger partial charge < -0.3 is 10.6 Å². The van der Waals surface area contributed by atoms with Gasteiger partial charge in [0.15, 0.2) is 0 Å². The van der Waals surface area contributed by atoms with E-state index in [0.717, 1.165) is 25.7 Å². The Kier molecular flexibility index (Phi) is 4.82. The van der Waals surface area contributed by atoms with Gasteiger partial charge in [0, 0.05) is 17.1 Å². The van der Waals surface area contributed by atoms with Gasteiger partial charge >= 0.3 is 0 Å². The van der Waals surface area contributed by atoms with Gasteiger partial charge in [0.05, 0.1) is 5.69 Å². The zero-order valence-electron chi connectivity index (χ0n) is 12.4. The van der Waals surface area contributed by atoms with E-state index in [-0.39, 0.29) is 16.1 Å². The summed E-state index contributed by atoms with van der Waals surface area (Å²) in [4.78, 5) is 2.16. The first-order valence-corrected chi connectivity index (χ1v) is 8.85. The number of likely N-dealkylation sites (N-methyl/N-ethyl adjacent to an activating group) is 1. The predicted octanol–water partition coefficient (Wildman–Crippen LogP) is 2.07. The molecule has 0 radical (unpaired) electrons. The van der Waals surface area contributed by atoms with Gasteiger partial charge in [0.1, 0.15) is 4.90 Å². The Labute approximate surface area is 131 Å². The summed E-state index contributed by atoms with van der Waals surface area (Å²) in [6, 6.07) is 4.47. The standard InChI is InChI=1S/C14H22ClN3O2S/c1-18(2)14(7-3-4-8-14)10-17-21(19,20)13-9-11(15)5-6-12(13)16/h5-6,9,17H,3-4,7-8,10,16H2,1-2H3. The monoisotopic (exact) mass is 331 g/mol. The molecule has 0 heterocycles. The molecule has 0 aromatic heterocycles. The number of rotatable bonds is 5. The van der Waals surface area contributed by atoms with Crippen molar-refractivity contribution in [1.29, 1.82) is 0 Å². The van der Waals surface area contributed by atoms with Gasteiger partial charge in [0.2, 0.25) is 10.0 Å². The normalized spacial score (nSPS) is 18.3. The molecule has 0 unspecified atom stereocenters. The van der Waals surface area contributed by atoms with Crippen molar-refractivity contribution in [2.45, 2.75) is 36.1 Å². The third-order valence-electron chi connectivity index (χ3n) is 4.34. The van der Waals surface area contributed by atoms with Crippen LogP contribution in [0.4, 0.5) is 5.69 Å². The number of hydrogen-bond donors (Lipinski definition) is 2. The van der Waals surface area contributed by atoms with Crippen LogP contribution in [-0.2, 0) is 10.0 Å². The number of benzene rings is 1. The van der Waals surface area contributed by atoms with Crippen molar-refractivity contribution in [3.63, 3.8) is 0 Å². The maximum Gasteiger partial charge on any atom is 0.242 e. The maximum absolute atomic E-state index is 12.5. The van der Waals surface area contributed by atoms with E-state index in [1.165, 1.54) is 12.1 Å². The second kappa shape index (κ2) is 6.12. The van der Waals surface area contributed by atoms with Crippen molar-refractivity contribution >= 4 is 27.3 Å². The molecule has 21 heavy (non-hydrogen) atoms. The van der Waals surface area contributed by atoms with E-state index in [1.54, 1.807) is 6.07 Å². The van der Waals surface area contributed by atoms with Crippen molar-refractivity contribution in [2.75, 3.05) is 26.4 Å². The Hall–Kier alpha value is -0.820. The highest BCUT2D eigenvalue weighted by Gasteiger charge is 2.37. The van der Waals surface area contributed by atoms with E-state index in [9.17, 15) is 8.42 Å². The maximum atomic E-state index is 12.5. The number of nitrogen functional groups attached to an aromatic ring is 1. The number of halogens is 1. The Morgan fingerprint density at radius 2 is 1.95 bits per heavy atom. The van der Waals surface area contributed by atoms with Crippen LogP contribution in [0.3, 0.4) is 0 Å². The van der Waals surface area contributed by atoms with Crippen LogP contribution in [0.5, 0.6) is 0 Å². The minimum atomic E-state index is -3.66. The first-order chi connectivity index (χ1) is 9.77. The topological polar surface area (TPSA) is 75.4 Å². The van der Waals surface area contributed by atoms with Crippen molar-refractivity contribution in [3.8, 4) is 0 Å². The number of hydrogen-bond acceptors (Lipinski definition) is 4. The van der Waals surface area contributed by atoms with Gasteiger partial charge in [0.25, 0.3) is 0 Å². The summed E-state index contributed by atoms with van der Waals surface area (Å²) in [7, 11) is 0.328. The van der Waals surface area contributed by atoms with Crippen LogP contribution < -0.4 is 10.5 Å². The van der Waals surface area contributed by atoms with E-state index in [0.29, 0.717) is 11.6 Å². The first-order valence-electron chi connectivity index (χ1n) is 6.99. The van der Waals surface area contributed by atoms with E-state index in [4.69, 9.17) is 17.3 Å². The molecule has 0 aliphatic heterocycles. The molecular weight excluding hydrogens is 310 g/mol. The van der Waals surface area contributed by atoms with Crippen LogP contribution in [0.15, 0.2) is 23.1 Å². The number of sulfonamides is 1. The highest BCUT2D eigenvalue weighted by molar-refractivity contribution is 7.89. The van der Waals surface area contributed by atoms with E-state index >= 15 is 0 Å². The molecule has 7 heteroatoms. The largest absolute Gasteiger partial charge is 0.398 e. The molecule has 1 aliphatic rings. The summed E-state index contributed by atoms with van der Waals surface area (Å²) in [5.41, 5.74) is 5.86. The van der Waals surface area contributed by atoms with Gasteiger partial charge in [-0.25, -0.2) is 13.1 Å². The molecule has 2 rings (SSSR count). The average Bonchev–Trinajstić information content (AvgIpc) is 2.89. The molecule has 1 aliphatic carbocycles. The zero-order valence-corrected chi connectivity index (χ0v) is 14.0. The van der Waals surface area contributed by atoms with Gasteiger partial charge in [-0.05, 0) is 45.1 Å². The highest BCUT2D eigenvalue weighted by Crippen LogP contribution is 2.33. The van der Waals surface area contributed by atoms with Crippen LogP contribution in [0.25, 0.3) is 0 Å². The molecule has 0 spiro atoms.